The number of nitrogens with one attached hydrogen (secondary N) is 1. The molecule has 0 aliphatic heterocycles. The molecule has 1 atom stereocenters. The highest BCUT2D eigenvalue weighted by atomic mass is 35.5. The number of anilines is 1. The number of carbonyl (C=O) groups excluding carboxylic acids is 2. The highest BCUT2D eigenvalue weighted by molar-refractivity contribution is 7.92. The fraction of sp³-hybridized carbons (Fsp3) is 0.235. The molecule has 4 rings (SSSR count). The molecule has 7 nitrogen and oxygen atoms in total. The molecule has 1 N–H and O–H groups in total. The third-order valence-corrected chi connectivity index (χ3v) is 10.0. The summed E-state index contributed by atoms with van der Waals surface area (Å²) in [7, 11) is -4.63. The first kappa shape index (κ1) is 37.1. The van der Waals surface area contributed by atoms with E-state index in [2.05, 4.69) is 5.32 Å². The van der Waals surface area contributed by atoms with Crippen molar-refractivity contribution in [2.75, 3.05) is 10.8 Å². The molecular formula is C34H31Cl3F3N3O4S. The molecule has 0 fully saturated rings. The van der Waals surface area contributed by atoms with Crippen LogP contribution in [0.1, 0.15) is 30.5 Å². The molecule has 0 saturated heterocycles. The normalized spacial score (nSPS) is 12.4. The molecule has 14 heteroatoms. The van der Waals surface area contributed by atoms with E-state index in [1.165, 1.54) is 41.3 Å². The lowest BCUT2D eigenvalue weighted by atomic mass is 10.0. The number of carbonyl (C=O) groups is 2. The average Bonchev–Trinajstić information content (AvgIpc) is 3.03. The van der Waals surface area contributed by atoms with Crippen LogP contribution in [0.5, 0.6) is 0 Å². The quantitative estimate of drug-likeness (QED) is 0.160. The van der Waals surface area contributed by atoms with Crippen molar-refractivity contribution in [2.45, 2.75) is 50.0 Å². The van der Waals surface area contributed by atoms with E-state index in [1.807, 2.05) is 0 Å². The molecule has 2 amide bonds. The van der Waals surface area contributed by atoms with Gasteiger partial charge in [0.1, 0.15) is 12.6 Å². The standard InChI is InChI=1S/C34H31Cl3F3N3O4S/c1-22(2)41-33(45)31(18-23-9-5-3-6-10-23)42(20-24-13-15-29(36)30(37)17-24)32(44)21-43(48(46,47)26-11-7-4-8-12-26)25-14-16-28(35)27(19-25)34(38,39)40/h3-17,19,22,31H,18,20-21H2,1-2H3,(H,41,45). The SMILES string of the molecule is CC(C)NC(=O)C(Cc1ccccc1)N(Cc1ccc(Cl)c(Cl)c1)C(=O)CN(c1ccc(Cl)c(C(F)(F)F)c1)S(=O)(=O)c1ccccc1. The van der Waals surface area contributed by atoms with Gasteiger partial charge in [0, 0.05) is 19.0 Å². The second-order valence-electron chi connectivity index (χ2n) is 11.1. The Kier molecular flexibility index (Phi) is 12.1. The van der Waals surface area contributed by atoms with Crippen LogP contribution in [-0.4, -0.2) is 43.8 Å². The first-order valence-electron chi connectivity index (χ1n) is 14.6. The Hall–Kier alpha value is -3.77. The van der Waals surface area contributed by atoms with Crippen LogP contribution in [0, 0.1) is 0 Å². The summed E-state index contributed by atoms with van der Waals surface area (Å²) in [4.78, 5) is 29.1. The van der Waals surface area contributed by atoms with Crippen molar-refractivity contribution in [3.63, 3.8) is 0 Å². The Morgan fingerprint density at radius 3 is 1.98 bits per heavy atom. The summed E-state index contributed by atoms with van der Waals surface area (Å²) in [5.41, 5.74) is -0.566. The number of halogens is 6. The number of benzene rings is 4. The highest BCUT2D eigenvalue weighted by Gasteiger charge is 2.37. The fourth-order valence-corrected chi connectivity index (χ4v) is 6.88. The highest BCUT2D eigenvalue weighted by Crippen LogP contribution is 2.38. The van der Waals surface area contributed by atoms with Crippen LogP contribution < -0.4 is 9.62 Å². The van der Waals surface area contributed by atoms with Crippen LogP contribution in [0.15, 0.2) is 102 Å². The number of sulfonamides is 1. The zero-order valence-corrected chi connectivity index (χ0v) is 28.8. The van der Waals surface area contributed by atoms with Crippen LogP contribution in [0.25, 0.3) is 0 Å². The minimum absolute atomic E-state index is 0.0387. The van der Waals surface area contributed by atoms with Crippen molar-refractivity contribution in [1.29, 1.82) is 0 Å². The lowest BCUT2D eigenvalue weighted by molar-refractivity contribution is -0.140. The van der Waals surface area contributed by atoms with Crippen LogP contribution >= 0.6 is 34.8 Å². The molecular weight excluding hydrogens is 710 g/mol. The molecule has 0 heterocycles. The van der Waals surface area contributed by atoms with Gasteiger partial charge in [-0.15, -0.1) is 0 Å². The van der Waals surface area contributed by atoms with E-state index in [-0.39, 0.29) is 33.9 Å². The largest absolute Gasteiger partial charge is 0.417 e. The van der Waals surface area contributed by atoms with Gasteiger partial charge in [-0.25, -0.2) is 8.42 Å². The van der Waals surface area contributed by atoms with Gasteiger partial charge in [0.05, 0.1) is 31.2 Å². The van der Waals surface area contributed by atoms with E-state index < -0.39 is 56.9 Å². The molecule has 0 aliphatic rings. The van der Waals surface area contributed by atoms with Gasteiger partial charge in [-0.2, -0.15) is 13.2 Å². The Labute approximate surface area is 292 Å². The zero-order valence-electron chi connectivity index (χ0n) is 25.7. The van der Waals surface area contributed by atoms with Gasteiger partial charge in [-0.05, 0) is 67.4 Å². The summed E-state index contributed by atoms with van der Waals surface area (Å²) in [5.74, 6) is -1.39. The first-order chi connectivity index (χ1) is 22.6. The number of hydrogen-bond donors (Lipinski definition) is 1. The van der Waals surface area contributed by atoms with Crippen molar-refractivity contribution >= 4 is 62.3 Å². The summed E-state index contributed by atoms with van der Waals surface area (Å²) < 4.78 is 70.4. The Bertz CT molecular complexity index is 1860. The van der Waals surface area contributed by atoms with Crippen LogP contribution in [0.2, 0.25) is 15.1 Å². The maximum absolute atomic E-state index is 14.5. The van der Waals surface area contributed by atoms with E-state index in [0.29, 0.717) is 21.5 Å². The molecule has 4 aromatic rings. The predicted molar refractivity (Wildman–Crippen MR) is 182 cm³/mol. The monoisotopic (exact) mass is 739 g/mol. The molecule has 48 heavy (non-hydrogen) atoms. The lowest BCUT2D eigenvalue weighted by Crippen LogP contribution is -2.54. The van der Waals surface area contributed by atoms with Crippen molar-refractivity contribution in [3.8, 4) is 0 Å². The van der Waals surface area contributed by atoms with E-state index >= 15 is 0 Å². The second-order valence-corrected chi connectivity index (χ2v) is 14.2. The number of rotatable bonds is 12. The van der Waals surface area contributed by atoms with Crippen LogP contribution in [0.3, 0.4) is 0 Å². The summed E-state index contributed by atoms with van der Waals surface area (Å²) >= 11 is 18.2. The Morgan fingerprint density at radius 2 is 1.40 bits per heavy atom. The third kappa shape index (κ3) is 9.22. The third-order valence-electron chi connectivity index (χ3n) is 7.19. The molecule has 0 spiro atoms. The smallest absolute Gasteiger partial charge is 0.352 e. The molecule has 254 valence electrons. The Balaban J connectivity index is 1.87. The summed E-state index contributed by atoms with van der Waals surface area (Å²) in [6.45, 7) is 2.31. The second kappa shape index (κ2) is 15.6. The van der Waals surface area contributed by atoms with Crippen LogP contribution in [-0.2, 0) is 38.8 Å². The van der Waals surface area contributed by atoms with Gasteiger partial charge < -0.3 is 10.2 Å². The topological polar surface area (TPSA) is 86.8 Å². The van der Waals surface area contributed by atoms with Gasteiger partial charge in [-0.1, -0.05) is 89.4 Å². The zero-order chi connectivity index (χ0) is 35.2. The summed E-state index contributed by atoms with van der Waals surface area (Å²) in [6, 6.07) is 21.6. The predicted octanol–water partition coefficient (Wildman–Crippen LogP) is 8.03. The molecule has 0 saturated carbocycles. The van der Waals surface area contributed by atoms with Crippen molar-refractivity contribution < 1.29 is 31.2 Å². The number of hydrogen-bond acceptors (Lipinski definition) is 4. The average molecular weight is 741 g/mol. The number of amides is 2. The van der Waals surface area contributed by atoms with Gasteiger partial charge in [0.15, 0.2) is 0 Å². The van der Waals surface area contributed by atoms with E-state index in [0.717, 1.165) is 12.1 Å². The fourth-order valence-electron chi connectivity index (χ4n) is 4.90. The van der Waals surface area contributed by atoms with Gasteiger partial charge in [-0.3, -0.25) is 13.9 Å². The number of alkyl halides is 3. The van der Waals surface area contributed by atoms with Gasteiger partial charge in [0.25, 0.3) is 10.0 Å². The molecule has 0 bridgehead atoms. The van der Waals surface area contributed by atoms with Crippen molar-refractivity contribution in [3.05, 3.63) is 129 Å². The number of nitrogens with zero attached hydrogens (tertiary/aromatic N) is 2. The van der Waals surface area contributed by atoms with E-state index in [4.69, 9.17) is 34.8 Å². The van der Waals surface area contributed by atoms with E-state index in [1.54, 1.807) is 56.3 Å². The first-order valence-corrected chi connectivity index (χ1v) is 17.2. The maximum Gasteiger partial charge on any atom is 0.417 e. The van der Waals surface area contributed by atoms with E-state index in [9.17, 15) is 31.2 Å². The van der Waals surface area contributed by atoms with Crippen molar-refractivity contribution in [2.24, 2.45) is 0 Å². The molecule has 0 radical (unpaired) electrons. The minimum Gasteiger partial charge on any atom is -0.352 e. The van der Waals surface area contributed by atoms with Crippen LogP contribution in [0.4, 0.5) is 18.9 Å². The maximum atomic E-state index is 14.5. The molecule has 0 aliphatic carbocycles. The minimum atomic E-state index is -4.92. The molecule has 1 unspecified atom stereocenters. The Morgan fingerprint density at radius 1 is 0.792 bits per heavy atom. The van der Waals surface area contributed by atoms with Gasteiger partial charge in [0.2, 0.25) is 11.8 Å². The molecule has 4 aromatic carbocycles. The van der Waals surface area contributed by atoms with Crippen molar-refractivity contribution in [1.82, 2.24) is 10.2 Å². The van der Waals surface area contributed by atoms with Gasteiger partial charge >= 0.3 is 6.18 Å². The lowest BCUT2D eigenvalue weighted by Gasteiger charge is -2.34. The summed E-state index contributed by atoms with van der Waals surface area (Å²) in [6.07, 6.45) is -4.88. The molecule has 0 aromatic heterocycles. The summed E-state index contributed by atoms with van der Waals surface area (Å²) in [5, 5.41) is 2.61.